The summed E-state index contributed by atoms with van der Waals surface area (Å²) in [6, 6.07) is 31.5. The molecular weight excluding hydrogens is 716 g/mol. The molecule has 0 spiro atoms. The van der Waals surface area contributed by atoms with Gasteiger partial charge in [-0.05, 0) is 34.9 Å². The van der Waals surface area contributed by atoms with E-state index in [2.05, 4.69) is 77.7 Å². The van der Waals surface area contributed by atoms with Gasteiger partial charge in [-0.2, -0.15) is 0 Å². The molecule has 3 aromatic rings. The van der Waals surface area contributed by atoms with Crippen molar-refractivity contribution in [2.24, 2.45) is 23.7 Å². The summed E-state index contributed by atoms with van der Waals surface area (Å²) in [7, 11) is 0. The number of hydrogen-bond donors (Lipinski definition) is 0. The Morgan fingerprint density at radius 1 is 0.571 bits per heavy atom. The molecule has 12 nitrogen and oxygen atoms in total. The summed E-state index contributed by atoms with van der Waals surface area (Å²) in [4.78, 5) is 67.0. The molecule has 1 heterocycles. The van der Waals surface area contributed by atoms with E-state index >= 15 is 0 Å². The van der Waals surface area contributed by atoms with Crippen LogP contribution < -0.4 is 0 Å². The highest BCUT2D eigenvalue weighted by Gasteiger charge is 2.61. The second-order valence-corrected chi connectivity index (χ2v) is 14.5. The van der Waals surface area contributed by atoms with E-state index in [4.69, 9.17) is 23.7 Å². The molecule has 1 unspecified atom stereocenters. The standard InChI is InChI=1S/C44H48N2O10/c47-36(18-19-37(48)56-42-40(49)38-31-16-17-32(30-31)39(38)41(42)50)54-28-26-52-24-25-53-27-29-55-43(51)45-20-22-46(23-21-45)44(33-10-4-1-5-11-33,34-12-6-2-7-13-34)35-14-8-3-9-15-35/h1-17,31-32,38-39,42H,18-30H2/t31-,32+,38-,39+,42?. The van der Waals surface area contributed by atoms with E-state index in [0.29, 0.717) is 26.2 Å². The number of amides is 1. The number of benzene rings is 3. The quantitative estimate of drug-likeness (QED) is 0.0477. The average molecular weight is 765 g/mol. The fourth-order valence-electron chi connectivity index (χ4n) is 8.80. The van der Waals surface area contributed by atoms with Crippen molar-refractivity contribution < 1.29 is 47.7 Å². The predicted octanol–water partition coefficient (Wildman–Crippen LogP) is 4.59. The first-order valence-electron chi connectivity index (χ1n) is 19.5. The van der Waals surface area contributed by atoms with E-state index in [9.17, 15) is 24.0 Å². The van der Waals surface area contributed by atoms with Crippen LogP contribution in [0, 0.1) is 23.7 Å². The lowest BCUT2D eigenvalue weighted by Gasteiger charge is -2.48. The SMILES string of the molecule is O=C(CCC(=O)OC1C(=O)[C@@H]2[C@H](C1=O)[C@@H]1C=C[C@H]2C1)OCCOCCOCCOC(=O)N1CCN(C(c2ccccc2)(c2ccccc2)c2ccccc2)CC1. The summed E-state index contributed by atoms with van der Waals surface area (Å²) >= 11 is 0. The fraction of sp³-hybridized carbons (Fsp3) is 0.432. The number of fused-ring (bicyclic) bond motifs is 5. The molecular formula is C44H48N2O10. The van der Waals surface area contributed by atoms with Crippen molar-refractivity contribution in [3.8, 4) is 0 Å². The maximum absolute atomic E-state index is 13.0. The summed E-state index contributed by atoms with van der Waals surface area (Å²) in [5.41, 5.74) is 2.95. The highest BCUT2D eigenvalue weighted by atomic mass is 16.6. The zero-order valence-corrected chi connectivity index (χ0v) is 31.4. The maximum atomic E-state index is 13.0. The van der Waals surface area contributed by atoms with Crippen LogP contribution in [0.1, 0.15) is 36.0 Å². The number of piperazine rings is 1. The summed E-state index contributed by atoms with van der Waals surface area (Å²) in [5.74, 6) is -2.73. The molecule has 294 valence electrons. The topological polar surface area (TPSA) is 138 Å². The van der Waals surface area contributed by atoms with Gasteiger partial charge in [0.05, 0.1) is 44.8 Å². The molecule has 2 bridgehead atoms. The first-order chi connectivity index (χ1) is 27.4. The van der Waals surface area contributed by atoms with Crippen molar-refractivity contribution in [1.29, 1.82) is 0 Å². The van der Waals surface area contributed by atoms with E-state index in [1.165, 1.54) is 0 Å². The third kappa shape index (κ3) is 8.33. The van der Waals surface area contributed by atoms with Gasteiger partial charge in [0, 0.05) is 38.0 Å². The normalized spacial score (nSPS) is 22.9. The van der Waals surface area contributed by atoms with Crippen LogP contribution in [-0.4, -0.2) is 111 Å². The van der Waals surface area contributed by atoms with Gasteiger partial charge in [0.25, 0.3) is 0 Å². The van der Waals surface area contributed by atoms with Crippen molar-refractivity contribution in [3.63, 3.8) is 0 Å². The Hall–Kier alpha value is -5.17. The van der Waals surface area contributed by atoms with Crippen LogP contribution in [0.25, 0.3) is 0 Å². The van der Waals surface area contributed by atoms with Crippen LogP contribution >= 0.6 is 0 Å². The maximum Gasteiger partial charge on any atom is 0.409 e. The van der Waals surface area contributed by atoms with Gasteiger partial charge < -0.3 is 28.6 Å². The van der Waals surface area contributed by atoms with Crippen LogP contribution in [0.3, 0.4) is 0 Å². The number of hydrogen-bond acceptors (Lipinski definition) is 11. The number of allylic oxidation sites excluding steroid dienone is 2. The Labute approximate surface area is 326 Å². The molecule has 4 aliphatic rings. The van der Waals surface area contributed by atoms with Gasteiger partial charge in [-0.1, -0.05) is 103 Å². The van der Waals surface area contributed by atoms with E-state index in [0.717, 1.165) is 23.1 Å². The van der Waals surface area contributed by atoms with Crippen LogP contribution in [0.4, 0.5) is 4.79 Å². The van der Waals surface area contributed by atoms with Crippen molar-refractivity contribution in [2.75, 3.05) is 65.8 Å². The molecule has 56 heavy (non-hydrogen) atoms. The van der Waals surface area contributed by atoms with E-state index in [1.54, 1.807) is 4.90 Å². The molecule has 3 aromatic carbocycles. The molecule has 0 N–H and O–H groups in total. The molecule has 1 saturated heterocycles. The van der Waals surface area contributed by atoms with Crippen LogP contribution in [0.5, 0.6) is 0 Å². The van der Waals surface area contributed by atoms with E-state index in [-0.39, 0.29) is 82.0 Å². The third-order valence-electron chi connectivity index (χ3n) is 11.3. The lowest BCUT2D eigenvalue weighted by atomic mass is 9.75. The highest BCUT2D eigenvalue weighted by Crippen LogP contribution is 2.53. The van der Waals surface area contributed by atoms with Crippen LogP contribution in [-0.2, 0) is 48.4 Å². The summed E-state index contributed by atoms with van der Waals surface area (Å²) in [6.07, 6.45) is 2.49. The first kappa shape index (κ1) is 39.1. The van der Waals surface area contributed by atoms with Crippen LogP contribution in [0.2, 0.25) is 0 Å². The van der Waals surface area contributed by atoms with E-state index in [1.807, 2.05) is 30.4 Å². The highest BCUT2D eigenvalue weighted by molar-refractivity contribution is 6.16. The van der Waals surface area contributed by atoms with Gasteiger partial charge in [-0.15, -0.1) is 0 Å². The van der Waals surface area contributed by atoms with Crippen molar-refractivity contribution in [2.45, 2.75) is 30.9 Å². The zero-order valence-electron chi connectivity index (χ0n) is 31.4. The Morgan fingerprint density at radius 3 is 1.52 bits per heavy atom. The predicted molar refractivity (Wildman–Crippen MR) is 203 cm³/mol. The Bertz CT molecular complexity index is 1740. The average Bonchev–Trinajstić information content (AvgIpc) is 3.93. The summed E-state index contributed by atoms with van der Waals surface area (Å²) in [6.45, 7) is 3.24. The Morgan fingerprint density at radius 2 is 1.02 bits per heavy atom. The number of ketones is 2. The van der Waals surface area contributed by atoms with Crippen LogP contribution in [0.15, 0.2) is 103 Å². The van der Waals surface area contributed by atoms with E-state index < -0.39 is 35.4 Å². The van der Waals surface area contributed by atoms with Crippen molar-refractivity contribution in [3.05, 3.63) is 120 Å². The molecule has 5 atom stereocenters. The monoisotopic (exact) mass is 764 g/mol. The molecule has 3 fully saturated rings. The zero-order chi connectivity index (χ0) is 38.9. The minimum Gasteiger partial charge on any atom is -0.463 e. The first-order valence-corrected chi connectivity index (χ1v) is 19.5. The fourth-order valence-corrected chi connectivity index (χ4v) is 8.80. The van der Waals surface area contributed by atoms with Gasteiger partial charge in [0.1, 0.15) is 13.2 Å². The molecule has 2 saturated carbocycles. The smallest absolute Gasteiger partial charge is 0.409 e. The number of carbonyl (C=O) groups excluding carboxylic acids is 5. The number of Topliss-reactive ketones (excluding diaryl/α,β-unsaturated/α-hetero) is 2. The molecule has 1 amide bonds. The largest absolute Gasteiger partial charge is 0.463 e. The number of ether oxygens (including phenoxy) is 5. The Kier molecular flexibility index (Phi) is 12.7. The van der Waals surface area contributed by atoms with Gasteiger partial charge in [-0.3, -0.25) is 24.1 Å². The lowest BCUT2D eigenvalue weighted by molar-refractivity contribution is -0.160. The molecule has 7 rings (SSSR count). The third-order valence-corrected chi connectivity index (χ3v) is 11.3. The van der Waals surface area contributed by atoms with Gasteiger partial charge in [0.15, 0.2) is 11.6 Å². The number of rotatable bonds is 17. The minimum absolute atomic E-state index is 0.0132. The summed E-state index contributed by atoms with van der Waals surface area (Å²) < 4.78 is 26.8. The number of nitrogens with zero attached hydrogens (tertiary/aromatic N) is 2. The molecule has 1 aliphatic heterocycles. The molecule has 12 heteroatoms. The molecule has 0 radical (unpaired) electrons. The van der Waals surface area contributed by atoms with Gasteiger partial charge in [0.2, 0.25) is 6.10 Å². The summed E-state index contributed by atoms with van der Waals surface area (Å²) in [5, 5.41) is 0. The van der Waals surface area contributed by atoms with Crippen molar-refractivity contribution >= 4 is 29.6 Å². The lowest BCUT2D eigenvalue weighted by Crippen LogP contribution is -2.57. The second-order valence-electron chi connectivity index (χ2n) is 14.5. The molecule has 3 aliphatic carbocycles. The minimum atomic E-state index is -1.37. The second kappa shape index (κ2) is 18.2. The van der Waals surface area contributed by atoms with Crippen molar-refractivity contribution in [1.82, 2.24) is 9.80 Å². The van der Waals surface area contributed by atoms with Gasteiger partial charge in [-0.25, -0.2) is 4.79 Å². The van der Waals surface area contributed by atoms with Gasteiger partial charge >= 0.3 is 18.0 Å². The molecule has 0 aromatic heterocycles. The Balaban J connectivity index is 0.753. The number of esters is 2. The number of carbonyl (C=O) groups is 5.